The van der Waals surface area contributed by atoms with Crippen LogP contribution in [0.2, 0.25) is 0 Å². The van der Waals surface area contributed by atoms with Crippen LogP contribution in [0.4, 0.5) is 19.3 Å². The van der Waals surface area contributed by atoms with Gasteiger partial charge in [-0.25, -0.2) is 9.18 Å². The summed E-state index contributed by atoms with van der Waals surface area (Å²) in [5.41, 5.74) is 3.00. The van der Waals surface area contributed by atoms with Crippen LogP contribution in [0.25, 0.3) is 11.1 Å². The lowest BCUT2D eigenvalue weighted by atomic mass is 10.0. The fourth-order valence-electron chi connectivity index (χ4n) is 2.74. The van der Waals surface area contributed by atoms with Crippen molar-refractivity contribution in [2.24, 2.45) is 0 Å². The summed E-state index contributed by atoms with van der Waals surface area (Å²) in [5, 5.41) is 1.97. The van der Waals surface area contributed by atoms with E-state index >= 15 is 0 Å². The number of alkyl halides is 1. The van der Waals surface area contributed by atoms with E-state index in [1.165, 1.54) is 11.0 Å². The van der Waals surface area contributed by atoms with Gasteiger partial charge in [-0.1, -0.05) is 29.8 Å². The van der Waals surface area contributed by atoms with Gasteiger partial charge in [-0.15, -0.1) is 0 Å². The topological polar surface area (TPSA) is 46.2 Å². The molecule has 0 saturated carbocycles. The molecule has 1 saturated heterocycles. The molecule has 1 amide bonds. The quantitative estimate of drug-likeness (QED) is 0.808. The van der Waals surface area contributed by atoms with Crippen LogP contribution in [0, 0.1) is 12.7 Å². The Morgan fingerprint density at radius 3 is 2.41 bits per heavy atom. The lowest BCUT2D eigenvalue weighted by Crippen LogP contribution is -2.79. The molecule has 146 valence electrons. The summed E-state index contributed by atoms with van der Waals surface area (Å²) in [6.45, 7) is 4.99. The third-order valence-corrected chi connectivity index (χ3v) is 4.22. The van der Waals surface area contributed by atoms with Crippen molar-refractivity contribution in [3.05, 3.63) is 53.8 Å². The van der Waals surface area contributed by atoms with Gasteiger partial charge in [0, 0.05) is 12.0 Å². The van der Waals surface area contributed by atoms with Crippen molar-refractivity contribution in [3.8, 4) is 11.1 Å². The minimum Gasteiger partial charge on any atom is -0.444 e. The van der Waals surface area contributed by atoms with Crippen molar-refractivity contribution in [1.29, 1.82) is 0 Å². The van der Waals surface area contributed by atoms with E-state index in [0.29, 0.717) is 24.2 Å². The van der Waals surface area contributed by atoms with Crippen LogP contribution in [0.1, 0.15) is 18.9 Å². The number of ether oxygens (including phenoxy) is 1. The highest BCUT2D eigenvalue weighted by molar-refractivity contribution is 5.90. The summed E-state index contributed by atoms with van der Waals surface area (Å²) in [4.78, 5) is 13.1. The van der Waals surface area contributed by atoms with Crippen LogP contribution in [-0.2, 0) is 4.74 Å². The number of carbonyl (C=O) groups excluding carboxylic acids is 1. The molecule has 1 heterocycles. The molecule has 1 unspecified atom stereocenters. The van der Waals surface area contributed by atoms with Gasteiger partial charge in [0.2, 0.25) is 0 Å². The maximum absolute atomic E-state index is 14.3. The molecule has 27 heavy (non-hydrogen) atoms. The van der Waals surface area contributed by atoms with Gasteiger partial charge in [-0.05, 0) is 37.6 Å². The monoisotopic (exact) mass is 377 g/mol. The molecule has 3 rings (SSSR count). The van der Waals surface area contributed by atoms with Crippen LogP contribution < -0.4 is 10.2 Å². The maximum Gasteiger partial charge on any atom is 0.414 e. The number of hydrogen-bond donors (Lipinski definition) is 1. The highest BCUT2D eigenvalue weighted by Gasteiger charge is 2.29. The molecule has 1 aliphatic heterocycles. The Bertz CT molecular complexity index is 746. The SMILES string of the molecule is C[NH2+]CCCF.Cc1ccc(-c2ccc(N3CC(C)OC3=O)cc2F)cc1. The first-order valence-corrected chi connectivity index (χ1v) is 9.14. The summed E-state index contributed by atoms with van der Waals surface area (Å²) >= 11 is 0. The van der Waals surface area contributed by atoms with Gasteiger partial charge in [0.25, 0.3) is 0 Å². The number of cyclic esters (lactones) is 1. The average molecular weight is 377 g/mol. The Morgan fingerprint density at radius 1 is 1.22 bits per heavy atom. The Kier molecular flexibility index (Phi) is 7.73. The third-order valence-electron chi connectivity index (χ3n) is 4.22. The van der Waals surface area contributed by atoms with Gasteiger partial charge in [0.1, 0.15) is 11.9 Å². The maximum atomic E-state index is 14.3. The number of anilines is 1. The van der Waals surface area contributed by atoms with Crippen LogP contribution in [0.15, 0.2) is 42.5 Å². The van der Waals surface area contributed by atoms with Crippen molar-refractivity contribution >= 4 is 11.8 Å². The molecule has 0 aliphatic carbocycles. The molecule has 1 fully saturated rings. The number of rotatable bonds is 5. The molecule has 0 aromatic heterocycles. The minimum atomic E-state index is -0.426. The van der Waals surface area contributed by atoms with Crippen LogP contribution >= 0.6 is 0 Å². The molecule has 1 aliphatic rings. The Balaban J connectivity index is 0.000000380. The van der Waals surface area contributed by atoms with E-state index in [2.05, 4.69) is 0 Å². The van der Waals surface area contributed by atoms with E-state index in [4.69, 9.17) is 4.74 Å². The summed E-state index contributed by atoms with van der Waals surface area (Å²) in [6.07, 6.45) is 0.0959. The van der Waals surface area contributed by atoms with E-state index in [-0.39, 0.29) is 18.6 Å². The molecule has 2 aromatic carbocycles. The number of amides is 1. The zero-order valence-electron chi connectivity index (χ0n) is 16.0. The average Bonchev–Trinajstić information content (AvgIpc) is 2.99. The molecular formula is C21H27F2N2O2+. The van der Waals surface area contributed by atoms with Crippen molar-refractivity contribution < 1.29 is 23.6 Å². The first kappa shape index (κ1) is 20.8. The number of carbonyl (C=O) groups is 1. The summed E-state index contributed by atoms with van der Waals surface area (Å²) < 4.78 is 30.6. The van der Waals surface area contributed by atoms with Crippen molar-refractivity contribution in [3.63, 3.8) is 0 Å². The normalized spacial score (nSPS) is 16.0. The van der Waals surface area contributed by atoms with Crippen molar-refractivity contribution in [2.75, 3.05) is 31.7 Å². The van der Waals surface area contributed by atoms with Crippen molar-refractivity contribution in [2.45, 2.75) is 26.4 Å². The predicted octanol–water partition coefficient (Wildman–Crippen LogP) is 3.69. The largest absolute Gasteiger partial charge is 0.444 e. The van der Waals surface area contributed by atoms with Gasteiger partial charge in [-0.3, -0.25) is 9.29 Å². The predicted molar refractivity (Wildman–Crippen MR) is 103 cm³/mol. The molecule has 4 nitrogen and oxygen atoms in total. The second kappa shape index (κ2) is 10.0. The standard InChI is InChI=1S/C17H16FNO2.C4H10FN/c1-11-3-5-13(6-4-11)15-8-7-14(9-16(15)18)19-10-12(2)21-17(19)20;1-6-4-2-3-5/h3-9,12H,10H2,1-2H3;6H,2-4H2,1H3/p+1. The number of nitrogens with zero attached hydrogens (tertiary/aromatic N) is 1. The van der Waals surface area contributed by atoms with E-state index in [0.717, 1.165) is 17.7 Å². The molecule has 2 aromatic rings. The van der Waals surface area contributed by atoms with E-state index in [9.17, 15) is 13.6 Å². The van der Waals surface area contributed by atoms with Gasteiger partial charge in [-0.2, -0.15) is 0 Å². The second-order valence-electron chi connectivity index (χ2n) is 6.57. The fraction of sp³-hybridized carbons (Fsp3) is 0.381. The first-order valence-electron chi connectivity index (χ1n) is 9.14. The molecule has 1 atom stereocenters. The highest BCUT2D eigenvalue weighted by atomic mass is 19.1. The number of quaternary nitrogens is 1. The number of benzene rings is 2. The van der Waals surface area contributed by atoms with Gasteiger partial charge < -0.3 is 10.1 Å². The van der Waals surface area contributed by atoms with Crippen LogP contribution in [0.5, 0.6) is 0 Å². The minimum absolute atomic E-state index is 0.169. The van der Waals surface area contributed by atoms with Crippen LogP contribution in [0.3, 0.4) is 0 Å². The number of halogens is 2. The van der Waals surface area contributed by atoms with E-state index in [1.54, 1.807) is 12.1 Å². The molecule has 2 N–H and O–H groups in total. The number of aryl methyl sites for hydroxylation is 1. The second-order valence-corrected chi connectivity index (χ2v) is 6.57. The Hall–Kier alpha value is -2.47. The molecule has 6 heteroatoms. The summed E-state index contributed by atoms with van der Waals surface area (Å²) in [5.74, 6) is -0.344. The van der Waals surface area contributed by atoms with E-state index < -0.39 is 6.09 Å². The summed E-state index contributed by atoms with van der Waals surface area (Å²) in [6, 6.07) is 12.5. The van der Waals surface area contributed by atoms with Gasteiger partial charge >= 0.3 is 6.09 Å². The van der Waals surface area contributed by atoms with E-state index in [1.807, 2.05) is 50.5 Å². The third kappa shape index (κ3) is 5.76. The number of nitrogens with two attached hydrogens (primary N) is 1. The molecule has 0 radical (unpaired) electrons. The molecular weight excluding hydrogens is 350 g/mol. The first-order chi connectivity index (χ1) is 13.0. The summed E-state index contributed by atoms with van der Waals surface area (Å²) in [7, 11) is 1.94. The van der Waals surface area contributed by atoms with Gasteiger partial charge in [0.05, 0.1) is 32.5 Å². The molecule has 0 bridgehead atoms. The number of hydrogen-bond acceptors (Lipinski definition) is 2. The molecule has 0 spiro atoms. The fourth-order valence-corrected chi connectivity index (χ4v) is 2.74. The Morgan fingerprint density at radius 2 is 1.93 bits per heavy atom. The Labute approximate surface area is 159 Å². The lowest BCUT2D eigenvalue weighted by molar-refractivity contribution is -0.627. The van der Waals surface area contributed by atoms with Gasteiger partial charge in [0.15, 0.2) is 0 Å². The lowest BCUT2D eigenvalue weighted by Gasteiger charge is -2.14. The highest BCUT2D eigenvalue weighted by Crippen LogP contribution is 2.29. The zero-order chi connectivity index (χ0) is 19.8. The van der Waals surface area contributed by atoms with Crippen LogP contribution in [-0.4, -0.2) is 39.0 Å². The van der Waals surface area contributed by atoms with Crippen molar-refractivity contribution in [1.82, 2.24) is 0 Å². The zero-order valence-corrected chi connectivity index (χ0v) is 16.0. The smallest absolute Gasteiger partial charge is 0.414 e.